The fraction of sp³-hybridized carbons (Fsp3) is 0.600. The summed E-state index contributed by atoms with van der Waals surface area (Å²) in [5, 5.41) is 12.6. The molecule has 7 heteroatoms. The van der Waals surface area contributed by atoms with Crippen LogP contribution in [0.3, 0.4) is 0 Å². The van der Waals surface area contributed by atoms with Gasteiger partial charge >= 0.3 is 0 Å². The number of sulfonamides is 1. The summed E-state index contributed by atoms with van der Waals surface area (Å²) in [6.07, 6.45) is 0.175. The highest BCUT2D eigenvalue weighted by Gasteiger charge is 2.27. The highest BCUT2D eigenvalue weighted by Crippen LogP contribution is 2.21. The fourth-order valence-electron chi connectivity index (χ4n) is 1.61. The second-order valence-corrected chi connectivity index (χ2v) is 5.84. The second-order valence-electron chi connectivity index (χ2n) is 3.86. The highest BCUT2D eigenvalue weighted by atomic mass is 32.2. The largest absolute Gasteiger partial charge is 0.271 e. The molecular weight excluding hydrogens is 240 g/mol. The number of aromatic nitrogens is 2. The molecule has 94 valence electrons. The Bertz CT molecular complexity index is 554. The Morgan fingerprint density at radius 1 is 1.47 bits per heavy atom. The highest BCUT2D eigenvalue weighted by molar-refractivity contribution is 7.89. The molecule has 0 saturated heterocycles. The Hall–Kier alpha value is -1.39. The van der Waals surface area contributed by atoms with Crippen LogP contribution >= 0.6 is 0 Å². The van der Waals surface area contributed by atoms with Crippen molar-refractivity contribution in [3.05, 3.63) is 11.4 Å². The summed E-state index contributed by atoms with van der Waals surface area (Å²) < 4.78 is 27.2. The van der Waals surface area contributed by atoms with Crippen molar-refractivity contribution < 1.29 is 8.42 Å². The molecule has 0 unspecified atom stereocenters. The van der Waals surface area contributed by atoms with Gasteiger partial charge in [0.1, 0.15) is 4.90 Å². The number of rotatable bonds is 4. The molecule has 1 rings (SSSR count). The van der Waals surface area contributed by atoms with E-state index < -0.39 is 10.0 Å². The zero-order chi connectivity index (χ0) is 13.2. The standard InChI is InChI=1S/C10H16N4O2S/c1-8-10(9(2)14(4)12-8)17(15,16)13(3)7-5-6-11/h5,7H2,1-4H3. The molecule has 0 aliphatic heterocycles. The quantitative estimate of drug-likeness (QED) is 0.789. The number of nitriles is 1. The molecule has 6 nitrogen and oxygen atoms in total. The molecule has 0 aromatic carbocycles. The lowest BCUT2D eigenvalue weighted by Gasteiger charge is -2.15. The van der Waals surface area contributed by atoms with E-state index in [0.29, 0.717) is 11.4 Å². The smallest absolute Gasteiger partial charge is 0.246 e. The van der Waals surface area contributed by atoms with E-state index in [1.165, 1.54) is 11.4 Å². The molecular formula is C10H16N4O2S. The average molecular weight is 256 g/mol. The molecule has 0 atom stereocenters. The molecule has 0 fully saturated rings. The number of nitrogens with zero attached hydrogens (tertiary/aromatic N) is 4. The van der Waals surface area contributed by atoms with Crippen LogP contribution in [-0.4, -0.2) is 36.1 Å². The van der Waals surface area contributed by atoms with E-state index in [-0.39, 0.29) is 17.9 Å². The SMILES string of the molecule is Cc1nn(C)c(C)c1S(=O)(=O)N(C)CCC#N. The van der Waals surface area contributed by atoms with Gasteiger partial charge in [0.15, 0.2) is 0 Å². The van der Waals surface area contributed by atoms with Crippen LogP contribution in [0.5, 0.6) is 0 Å². The fourth-order valence-corrected chi connectivity index (χ4v) is 3.17. The van der Waals surface area contributed by atoms with Gasteiger partial charge in [-0.15, -0.1) is 0 Å². The lowest BCUT2D eigenvalue weighted by Crippen LogP contribution is -2.28. The van der Waals surface area contributed by atoms with Crippen LogP contribution in [0.1, 0.15) is 17.8 Å². The van der Waals surface area contributed by atoms with Gasteiger partial charge in [-0.3, -0.25) is 4.68 Å². The van der Waals surface area contributed by atoms with E-state index in [1.807, 2.05) is 6.07 Å². The summed E-state index contributed by atoms with van der Waals surface area (Å²) in [5.41, 5.74) is 1.08. The van der Waals surface area contributed by atoms with Crippen LogP contribution < -0.4 is 0 Å². The Morgan fingerprint density at radius 2 is 2.06 bits per heavy atom. The molecule has 0 radical (unpaired) electrons. The van der Waals surface area contributed by atoms with Crippen molar-refractivity contribution in [1.29, 1.82) is 5.26 Å². The molecule has 0 aliphatic rings. The summed E-state index contributed by atoms with van der Waals surface area (Å²) in [6, 6.07) is 1.93. The third kappa shape index (κ3) is 2.48. The minimum absolute atomic E-state index is 0.175. The van der Waals surface area contributed by atoms with Crippen molar-refractivity contribution in [2.24, 2.45) is 7.05 Å². The zero-order valence-electron chi connectivity index (χ0n) is 10.4. The van der Waals surface area contributed by atoms with Gasteiger partial charge < -0.3 is 0 Å². The van der Waals surface area contributed by atoms with Crippen molar-refractivity contribution in [3.8, 4) is 6.07 Å². The summed E-state index contributed by atoms with van der Waals surface area (Å²) in [5.74, 6) is 0. The van der Waals surface area contributed by atoms with Crippen molar-refractivity contribution in [1.82, 2.24) is 14.1 Å². The average Bonchev–Trinajstić information content (AvgIpc) is 2.49. The summed E-state index contributed by atoms with van der Waals surface area (Å²) in [7, 11) is -0.377. The normalized spacial score (nSPS) is 11.8. The molecule has 1 aromatic heterocycles. The molecule has 1 heterocycles. The molecule has 0 N–H and O–H groups in total. The van der Waals surface area contributed by atoms with Gasteiger partial charge in [-0.2, -0.15) is 14.7 Å². The maximum absolute atomic E-state index is 12.3. The second kappa shape index (κ2) is 4.85. The summed E-state index contributed by atoms with van der Waals surface area (Å²) in [4.78, 5) is 0.237. The Kier molecular flexibility index (Phi) is 3.91. The van der Waals surface area contributed by atoms with E-state index in [0.717, 1.165) is 0 Å². The predicted molar refractivity (Wildman–Crippen MR) is 62.7 cm³/mol. The van der Waals surface area contributed by atoms with Crippen LogP contribution in [0.25, 0.3) is 0 Å². The Morgan fingerprint density at radius 3 is 2.47 bits per heavy atom. The van der Waals surface area contributed by atoms with Crippen molar-refractivity contribution in [2.45, 2.75) is 25.2 Å². The number of hydrogen-bond donors (Lipinski definition) is 0. The van der Waals surface area contributed by atoms with Gasteiger partial charge in [0, 0.05) is 27.1 Å². The first-order valence-electron chi connectivity index (χ1n) is 5.16. The van der Waals surface area contributed by atoms with Crippen molar-refractivity contribution in [3.63, 3.8) is 0 Å². The molecule has 0 saturated carbocycles. The molecule has 17 heavy (non-hydrogen) atoms. The number of aryl methyl sites for hydroxylation is 2. The maximum Gasteiger partial charge on any atom is 0.246 e. The van der Waals surface area contributed by atoms with Gasteiger partial charge in [0.05, 0.1) is 17.5 Å². The van der Waals surface area contributed by atoms with Gasteiger partial charge in [-0.05, 0) is 13.8 Å². The van der Waals surface area contributed by atoms with Gasteiger partial charge in [0.25, 0.3) is 0 Å². The first kappa shape index (κ1) is 13.7. The molecule has 0 amide bonds. The third-order valence-electron chi connectivity index (χ3n) is 2.65. The van der Waals surface area contributed by atoms with Gasteiger partial charge in [-0.1, -0.05) is 0 Å². The maximum atomic E-state index is 12.3. The monoisotopic (exact) mass is 256 g/mol. The van der Waals surface area contributed by atoms with E-state index in [1.54, 1.807) is 25.6 Å². The van der Waals surface area contributed by atoms with Gasteiger partial charge in [0.2, 0.25) is 10.0 Å². The van der Waals surface area contributed by atoms with E-state index >= 15 is 0 Å². The third-order valence-corrected chi connectivity index (χ3v) is 4.76. The molecule has 0 bridgehead atoms. The minimum Gasteiger partial charge on any atom is -0.271 e. The lowest BCUT2D eigenvalue weighted by molar-refractivity contribution is 0.475. The van der Waals surface area contributed by atoms with Crippen molar-refractivity contribution in [2.75, 3.05) is 13.6 Å². The van der Waals surface area contributed by atoms with Gasteiger partial charge in [-0.25, -0.2) is 8.42 Å². The minimum atomic E-state index is -3.55. The first-order chi connectivity index (χ1) is 7.82. The molecule has 0 spiro atoms. The van der Waals surface area contributed by atoms with Crippen LogP contribution in [0, 0.1) is 25.2 Å². The van der Waals surface area contributed by atoms with Crippen LogP contribution in [0.15, 0.2) is 4.90 Å². The van der Waals surface area contributed by atoms with E-state index in [2.05, 4.69) is 5.10 Å². The Balaban J connectivity index is 3.18. The van der Waals surface area contributed by atoms with Crippen LogP contribution in [0.4, 0.5) is 0 Å². The predicted octanol–water partition coefficient (Wildman–Crippen LogP) is 0.571. The van der Waals surface area contributed by atoms with E-state index in [4.69, 9.17) is 5.26 Å². The lowest BCUT2D eigenvalue weighted by atomic mass is 10.4. The molecule has 0 aliphatic carbocycles. The topological polar surface area (TPSA) is 79.0 Å². The van der Waals surface area contributed by atoms with Crippen molar-refractivity contribution >= 4 is 10.0 Å². The first-order valence-corrected chi connectivity index (χ1v) is 6.60. The number of hydrogen-bond acceptors (Lipinski definition) is 4. The summed E-state index contributed by atoms with van der Waals surface area (Å²) >= 11 is 0. The van der Waals surface area contributed by atoms with Crippen LogP contribution in [-0.2, 0) is 17.1 Å². The summed E-state index contributed by atoms with van der Waals surface area (Å²) in [6.45, 7) is 3.57. The Labute approximate surface area is 102 Å². The van der Waals surface area contributed by atoms with E-state index in [9.17, 15) is 8.42 Å². The zero-order valence-corrected chi connectivity index (χ0v) is 11.2. The molecule has 1 aromatic rings. The van der Waals surface area contributed by atoms with Crippen LogP contribution in [0.2, 0.25) is 0 Å².